The lowest BCUT2D eigenvalue weighted by atomic mass is 10.1. The van der Waals surface area contributed by atoms with Gasteiger partial charge in [-0.3, -0.25) is 9.89 Å². The largest absolute Gasteiger partial charge is 0.497 e. The number of anilines is 1. The van der Waals surface area contributed by atoms with Gasteiger partial charge in [0.1, 0.15) is 11.5 Å². The normalized spacial score (nSPS) is 10.5. The molecule has 0 aliphatic heterocycles. The van der Waals surface area contributed by atoms with E-state index in [1.165, 1.54) is 12.0 Å². The van der Waals surface area contributed by atoms with Gasteiger partial charge in [-0.15, -0.1) is 11.3 Å². The van der Waals surface area contributed by atoms with Crippen molar-refractivity contribution in [2.45, 2.75) is 6.92 Å². The standard InChI is InChI=1S/C17H17N3O3S/c1-10-4-7-15(24-10)13-9-16(20-19-13)18-17(21)12-6-5-11(22-2)8-14(12)23-3/h4-9H,1-3H3,(H2,18,19,20,21). The number of carbonyl (C=O) groups is 1. The predicted molar refractivity (Wildman–Crippen MR) is 94.1 cm³/mol. The second-order valence-corrected chi connectivity index (χ2v) is 6.39. The topological polar surface area (TPSA) is 76.2 Å². The van der Waals surface area contributed by atoms with Crippen LogP contribution in [0.5, 0.6) is 11.5 Å². The smallest absolute Gasteiger partial charge is 0.260 e. The van der Waals surface area contributed by atoms with E-state index in [4.69, 9.17) is 9.47 Å². The maximum absolute atomic E-state index is 12.5. The Morgan fingerprint density at radius 3 is 2.67 bits per heavy atom. The number of nitrogens with zero attached hydrogens (tertiary/aromatic N) is 1. The summed E-state index contributed by atoms with van der Waals surface area (Å²) < 4.78 is 10.4. The average molecular weight is 343 g/mol. The summed E-state index contributed by atoms with van der Waals surface area (Å²) in [5.74, 6) is 1.23. The van der Waals surface area contributed by atoms with E-state index in [1.807, 2.05) is 19.1 Å². The fraction of sp³-hybridized carbons (Fsp3) is 0.176. The van der Waals surface area contributed by atoms with E-state index in [0.29, 0.717) is 22.9 Å². The van der Waals surface area contributed by atoms with E-state index in [9.17, 15) is 4.79 Å². The van der Waals surface area contributed by atoms with Crippen LogP contribution in [0.25, 0.3) is 10.6 Å². The van der Waals surface area contributed by atoms with Crippen molar-refractivity contribution >= 4 is 23.1 Å². The minimum Gasteiger partial charge on any atom is -0.497 e. The second-order valence-electron chi connectivity index (χ2n) is 5.10. The summed E-state index contributed by atoms with van der Waals surface area (Å²) >= 11 is 1.66. The number of aryl methyl sites for hydroxylation is 1. The Morgan fingerprint density at radius 1 is 1.17 bits per heavy atom. The summed E-state index contributed by atoms with van der Waals surface area (Å²) in [6.07, 6.45) is 0. The van der Waals surface area contributed by atoms with Gasteiger partial charge in [-0.1, -0.05) is 0 Å². The van der Waals surface area contributed by atoms with Crippen LogP contribution in [-0.2, 0) is 0 Å². The number of hydrogen-bond acceptors (Lipinski definition) is 5. The van der Waals surface area contributed by atoms with Gasteiger partial charge >= 0.3 is 0 Å². The molecule has 3 rings (SSSR count). The lowest BCUT2D eigenvalue weighted by molar-refractivity contribution is 0.102. The van der Waals surface area contributed by atoms with Gasteiger partial charge in [-0.2, -0.15) is 5.10 Å². The predicted octanol–water partition coefficient (Wildman–Crippen LogP) is 3.72. The zero-order valence-electron chi connectivity index (χ0n) is 13.5. The van der Waals surface area contributed by atoms with Crippen molar-refractivity contribution in [1.29, 1.82) is 0 Å². The SMILES string of the molecule is COc1ccc(C(=O)Nc2cc(-c3ccc(C)s3)[nH]n2)c(OC)c1. The van der Waals surface area contributed by atoms with Gasteiger partial charge in [-0.25, -0.2) is 0 Å². The third kappa shape index (κ3) is 3.26. The fourth-order valence-electron chi connectivity index (χ4n) is 2.26. The van der Waals surface area contributed by atoms with Crippen molar-refractivity contribution in [3.8, 4) is 22.1 Å². The third-order valence-electron chi connectivity index (χ3n) is 3.48. The number of rotatable bonds is 5. The van der Waals surface area contributed by atoms with Gasteiger partial charge in [0.15, 0.2) is 5.82 Å². The Morgan fingerprint density at radius 2 is 2.00 bits per heavy atom. The first kappa shape index (κ1) is 16.1. The Kier molecular flexibility index (Phi) is 4.52. The lowest BCUT2D eigenvalue weighted by Gasteiger charge is -2.09. The number of aromatic amines is 1. The molecule has 1 aromatic carbocycles. The summed E-state index contributed by atoms with van der Waals surface area (Å²) in [5, 5.41) is 9.84. The number of hydrogen-bond donors (Lipinski definition) is 2. The van der Waals surface area contributed by atoms with Crippen LogP contribution in [0.15, 0.2) is 36.4 Å². The molecule has 0 radical (unpaired) electrons. The van der Waals surface area contributed by atoms with E-state index in [-0.39, 0.29) is 5.91 Å². The van der Waals surface area contributed by atoms with Crippen LogP contribution in [0.1, 0.15) is 15.2 Å². The Hall–Kier alpha value is -2.80. The van der Waals surface area contributed by atoms with E-state index in [0.717, 1.165) is 10.6 Å². The number of ether oxygens (including phenoxy) is 2. The molecule has 2 aromatic heterocycles. The first-order valence-corrected chi connectivity index (χ1v) is 8.08. The number of nitrogens with one attached hydrogen (secondary N) is 2. The quantitative estimate of drug-likeness (QED) is 0.740. The maximum Gasteiger partial charge on any atom is 0.260 e. The minimum absolute atomic E-state index is 0.296. The molecule has 0 saturated heterocycles. The molecule has 3 aromatic rings. The third-order valence-corrected chi connectivity index (χ3v) is 4.51. The van der Waals surface area contributed by atoms with Gasteiger partial charge in [0, 0.05) is 17.0 Å². The molecule has 0 bridgehead atoms. The molecule has 7 heteroatoms. The highest BCUT2D eigenvalue weighted by Crippen LogP contribution is 2.28. The van der Waals surface area contributed by atoms with Gasteiger partial charge in [-0.05, 0) is 31.2 Å². The van der Waals surface area contributed by atoms with Crippen molar-refractivity contribution < 1.29 is 14.3 Å². The van der Waals surface area contributed by atoms with Crippen molar-refractivity contribution in [2.75, 3.05) is 19.5 Å². The number of aromatic nitrogens is 2. The van der Waals surface area contributed by atoms with Crippen molar-refractivity contribution in [1.82, 2.24) is 10.2 Å². The number of carbonyl (C=O) groups excluding carboxylic acids is 1. The van der Waals surface area contributed by atoms with E-state index in [1.54, 1.807) is 42.7 Å². The molecular weight excluding hydrogens is 326 g/mol. The van der Waals surface area contributed by atoms with Crippen LogP contribution in [-0.4, -0.2) is 30.3 Å². The highest BCUT2D eigenvalue weighted by Gasteiger charge is 2.15. The molecule has 124 valence electrons. The van der Waals surface area contributed by atoms with E-state index < -0.39 is 0 Å². The van der Waals surface area contributed by atoms with Crippen LogP contribution < -0.4 is 14.8 Å². The van der Waals surface area contributed by atoms with E-state index in [2.05, 4.69) is 15.5 Å². The summed E-state index contributed by atoms with van der Waals surface area (Å²) in [6, 6.07) is 10.9. The minimum atomic E-state index is -0.296. The number of H-pyrrole nitrogens is 1. The van der Waals surface area contributed by atoms with Crippen molar-refractivity contribution in [2.24, 2.45) is 0 Å². The van der Waals surface area contributed by atoms with Crippen LogP contribution in [0.2, 0.25) is 0 Å². The molecule has 6 nitrogen and oxygen atoms in total. The number of methoxy groups -OCH3 is 2. The number of thiophene rings is 1. The molecule has 1 amide bonds. The monoisotopic (exact) mass is 343 g/mol. The van der Waals surface area contributed by atoms with Gasteiger partial charge < -0.3 is 14.8 Å². The summed E-state index contributed by atoms with van der Waals surface area (Å²) in [7, 11) is 3.07. The van der Waals surface area contributed by atoms with Crippen LogP contribution >= 0.6 is 11.3 Å². The molecular formula is C17H17N3O3S. The highest BCUT2D eigenvalue weighted by atomic mass is 32.1. The van der Waals surface area contributed by atoms with E-state index >= 15 is 0 Å². The molecule has 24 heavy (non-hydrogen) atoms. The molecule has 0 atom stereocenters. The summed E-state index contributed by atoms with van der Waals surface area (Å²) in [6.45, 7) is 2.04. The molecule has 0 unspecified atom stereocenters. The van der Waals surface area contributed by atoms with Crippen LogP contribution in [0.4, 0.5) is 5.82 Å². The summed E-state index contributed by atoms with van der Waals surface area (Å²) in [4.78, 5) is 14.7. The fourth-order valence-corrected chi connectivity index (χ4v) is 3.09. The number of benzene rings is 1. The van der Waals surface area contributed by atoms with Crippen LogP contribution in [0, 0.1) is 6.92 Å². The van der Waals surface area contributed by atoms with Crippen LogP contribution in [0.3, 0.4) is 0 Å². The molecule has 0 aliphatic rings. The number of amides is 1. The first-order valence-electron chi connectivity index (χ1n) is 7.26. The molecule has 0 spiro atoms. The molecule has 2 N–H and O–H groups in total. The first-order chi connectivity index (χ1) is 11.6. The molecule has 0 saturated carbocycles. The van der Waals surface area contributed by atoms with Gasteiger partial charge in [0.2, 0.25) is 0 Å². The maximum atomic E-state index is 12.5. The molecule has 0 fully saturated rings. The Bertz CT molecular complexity index is 870. The zero-order chi connectivity index (χ0) is 17.1. The van der Waals surface area contributed by atoms with Crippen molar-refractivity contribution in [3.05, 3.63) is 46.8 Å². The lowest BCUT2D eigenvalue weighted by Crippen LogP contribution is -2.13. The van der Waals surface area contributed by atoms with Gasteiger partial charge in [0.05, 0.1) is 30.4 Å². The van der Waals surface area contributed by atoms with Gasteiger partial charge in [0.25, 0.3) is 5.91 Å². The van der Waals surface area contributed by atoms with Crippen molar-refractivity contribution in [3.63, 3.8) is 0 Å². The molecule has 0 aliphatic carbocycles. The highest BCUT2D eigenvalue weighted by molar-refractivity contribution is 7.15. The molecule has 2 heterocycles. The Balaban J connectivity index is 1.79. The average Bonchev–Trinajstić information content (AvgIpc) is 3.23. The zero-order valence-corrected chi connectivity index (χ0v) is 14.4. The summed E-state index contributed by atoms with van der Waals surface area (Å²) in [5.41, 5.74) is 1.28. The second kappa shape index (κ2) is 6.76. The Labute approximate surface area is 143 Å².